The molecule has 1 aliphatic heterocycles. The molecule has 2 amide bonds. The van der Waals surface area contributed by atoms with E-state index < -0.39 is 0 Å². The molecule has 0 aromatic heterocycles. The third-order valence-corrected chi connectivity index (χ3v) is 4.25. The number of amides is 2. The summed E-state index contributed by atoms with van der Waals surface area (Å²) in [4.78, 5) is 24.6. The summed E-state index contributed by atoms with van der Waals surface area (Å²) >= 11 is 0. The SMILES string of the molecule is CCC1CCCC1NC1CCC(=O)N(C)C1=O. The van der Waals surface area contributed by atoms with Gasteiger partial charge in [0.05, 0.1) is 6.04 Å². The van der Waals surface area contributed by atoms with Gasteiger partial charge >= 0.3 is 0 Å². The number of nitrogens with zero attached hydrogens (tertiary/aromatic N) is 1. The van der Waals surface area contributed by atoms with Crippen molar-refractivity contribution < 1.29 is 9.59 Å². The fraction of sp³-hybridized carbons (Fsp3) is 0.846. The Balaban J connectivity index is 1.95. The number of rotatable bonds is 3. The summed E-state index contributed by atoms with van der Waals surface area (Å²) in [6.45, 7) is 2.21. The molecule has 3 unspecified atom stereocenters. The van der Waals surface area contributed by atoms with E-state index in [-0.39, 0.29) is 17.9 Å². The molecule has 0 aromatic rings. The standard InChI is InChI=1S/C13H22N2O2/c1-3-9-5-4-6-10(9)14-11-7-8-12(16)15(2)13(11)17/h9-11,14H,3-8H2,1-2H3. The molecule has 1 aliphatic carbocycles. The smallest absolute Gasteiger partial charge is 0.246 e. The van der Waals surface area contributed by atoms with Gasteiger partial charge in [-0.1, -0.05) is 19.8 Å². The van der Waals surface area contributed by atoms with Crippen LogP contribution in [0.1, 0.15) is 45.4 Å². The van der Waals surface area contributed by atoms with Crippen molar-refractivity contribution in [3.8, 4) is 0 Å². The summed E-state index contributed by atoms with van der Waals surface area (Å²) < 4.78 is 0. The van der Waals surface area contributed by atoms with Crippen LogP contribution in [0.15, 0.2) is 0 Å². The Hall–Kier alpha value is -0.900. The van der Waals surface area contributed by atoms with E-state index in [2.05, 4.69) is 12.2 Å². The molecule has 17 heavy (non-hydrogen) atoms. The van der Waals surface area contributed by atoms with Crippen molar-refractivity contribution in [3.05, 3.63) is 0 Å². The predicted molar refractivity (Wildman–Crippen MR) is 65.4 cm³/mol. The summed E-state index contributed by atoms with van der Waals surface area (Å²) in [6, 6.07) is 0.324. The highest BCUT2D eigenvalue weighted by molar-refractivity contribution is 6.00. The number of hydrogen-bond donors (Lipinski definition) is 1. The van der Waals surface area contributed by atoms with E-state index in [0.29, 0.717) is 24.8 Å². The molecule has 0 spiro atoms. The molecule has 3 atom stereocenters. The second-order valence-corrected chi connectivity index (χ2v) is 5.25. The number of imide groups is 1. The maximum Gasteiger partial charge on any atom is 0.246 e. The lowest BCUT2D eigenvalue weighted by Gasteiger charge is -2.32. The van der Waals surface area contributed by atoms with Gasteiger partial charge in [0.2, 0.25) is 11.8 Å². The first-order chi connectivity index (χ1) is 8.13. The minimum atomic E-state index is -0.144. The molecule has 0 radical (unpaired) electrons. The maximum absolute atomic E-state index is 12.0. The fourth-order valence-electron chi connectivity index (χ4n) is 3.07. The van der Waals surface area contributed by atoms with Gasteiger partial charge in [-0.3, -0.25) is 14.5 Å². The minimum Gasteiger partial charge on any atom is -0.303 e. The average Bonchev–Trinajstić information content (AvgIpc) is 2.77. The molecule has 2 rings (SSSR count). The van der Waals surface area contributed by atoms with E-state index in [1.54, 1.807) is 7.05 Å². The maximum atomic E-state index is 12.0. The van der Waals surface area contributed by atoms with Gasteiger partial charge in [0.15, 0.2) is 0 Å². The Bertz CT molecular complexity index is 317. The van der Waals surface area contributed by atoms with Gasteiger partial charge in [0.1, 0.15) is 0 Å². The van der Waals surface area contributed by atoms with Gasteiger partial charge in [-0.05, 0) is 25.2 Å². The molecule has 0 aromatic carbocycles. The van der Waals surface area contributed by atoms with Crippen molar-refractivity contribution >= 4 is 11.8 Å². The van der Waals surface area contributed by atoms with E-state index in [0.717, 1.165) is 0 Å². The molecular formula is C13H22N2O2. The number of likely N-dealkylation sites (N-methyl/N-ethyl adjacent to an activating group) is 1. The van der Waals surface area contributed by atoms with Gasteiger partial charge in [-0.2, -0.15) is 0 Å². The summed E-state index contributed by atoms with van der Waals surface area (Å²) in [5, 5.41) is 3.48. The number of hydrogen-bond acceptors (Lipinski definition) is 3. The van der Waals surface area contributed by atoms with Crippen LogP contribution >= 0.6 is 0 Å². The molecule has 2 aliphatic rings. The van der Waals surface area contributed by atoms with Gasteiger partial charge in [-0.25, -0.2) is 0 Å². The molecule has 4 nitrogen and oxygen atoms in total. The van der Waals surface area contributed by atoms with Crippen LogP contribution in [-0.2, 0) is 9.59 Å². The van der Waals surface area contributed by atoms with Gasteiger partial charge in [-0.15, -0.1) is 0 Å². The van der Waals surface area contributed by atoms with Crippen molar-refractivity contribution in [2.24, 2.45) is 5.92 Å². The van der Waals surface area contributed by atoms with E-state index >= 15 is 0 Å². The lowest BCUT2D eigenvalue weighted by molar-refractivity contribution is -0.148. The third-order valence-electron chi connectivity index (χ3n) is 4.25. The summed E-state index contributed by atoms with van der Waals surface area (Å²) in [6.07, 6.45) is 6.02. The molecule has 1 saturated heterocycles. The second-order valence-electron chi connectivity index (χ2n) is 5.25. The zero-order valence-electron chi connectivity index (χ0n) is 10.7. The molecule has 1 saturated carbocycles. The number of likely N-dealkylation sites (tertiary alicyclic amines) is 1. The van der Waals surface area contributed by atoms with Crippen molar-refractivity contribution in [1.29, 1.82) is 0 Å². The predicted octanol–water partition coefficient (Wildman–Crippen LogP) is 1.30. The van der Waals surface area contributed by atoms with E-state index in [4.69, 9.17) is 0 Å². The second kappa shape index (κ2) is 5.17. The first-order valence-corrected chi connectivity index (χ1v) is 6.70. The Morgan fingerprint density at radius 1 is 1.29 bits per heavy atom. The van der Waals surface area contributed by atoms with Crippen LogP contribution in [0.2, 0.25) is 0 Å². The summed E-state index contributed by atoms with van der Waals surface area (Å²) in [5.41, 5.74) is 0. The minimum absolute atomic E-state index is 0.0495. The van der Waals surface area contributed by atoms with Crippen molar-refractivity contribution in [1.82, 2.24) is 10.2 Å². The van der Waals surface area contributed by atoms with Gasteiger partial charge < -0.3 is 5.32 Å². The molecule has 1 N–H and O–H groups in total. The van der Waals surface area contributed by atoms with Crippen LogP contribution in [0, 0.1) is 5.92 Å². The Kier molecular flexibility index (Phi) is 3.82. The summed E-state index contributed by atoms with van der Waals surface area (Å²) in [7, 11) is 1.59. The van der Waals surface area contributed by atoms with Crippen LogP contribution in [0.4, 0.5) is 0 Å². The molecule has 96 valence electrons. The molecule has 2 fully saturated rings. The Morgan fingerprint density at radius 2 is 2.06 bits per heavy atom. The van der Waals surface area contributed by atoms with Crippen LogP contribution < -0.4 is 5.32 Å². The highest BCUT2D eigenvalue weighted by Crippen LogP contribution is 2.29. The van der Waals surface area contributed by atoms with Crippen LogP contribution in [0.3, 0.4) is 0 Å². The van der Waals surface area contributed by atoms with Crippen molar-refractivity contribution in [2.45, 2.75) is 57.5 Å². The van der Waals surface area contributed by atoms with Crippen molar-refractivity contribution in [2.75, 3.05) is 7.05 Å². The first kappa shape index (κ1) is 12.6. The molecule has 1 heterocycles. The lowest BCUT2D eigenvalue weighted by Crippen LogP contribution is -2.54. The van der Waals surface area contributed by atoms with Gasteiger partial charge in [0, 0.05) is 19.5 Å². The summed E-state index contributed by atoms with van der Waals surface area (Å²) in [5.74, 6) is 0.597. The quantitative estimate of drug-likeness (QED) is 0.754. The number of piperidine rings is 1. The Labute approximate surface area is 103 Å². The topological polar surface area (TPSA) is 49.4 Å². The molecule has 4 heteroatoms. The van der Waals surface area contributed by atoms with Crippen molar-refractivity contribution in [3.63, 3.8) is 0 Å². The van der Waals surface area contributed by atoms with E-state index in [9.17, 15) is 9.59 Å². The highest BCUT2D eigenvalue weighted by atomic mass is 16.2. The molecular weight excluding hydrogens is 216 g/mol. The van der Waals surface area contributed by atoms with E-state index in [1.165, 1.54) is 30.6 Å². The average molecular weight is 238 g/mol. The highest BCUT2D eigenvalue weighted by Gasteiger charge is 2.35. The fourth-order valence-corrected chi connectivity index (χ4v) is 3.07. The van der Waals surface area contributed by atoms with Gasteiger partial charge in [0.25, 0.3) is 0 Å². The largest absolute Gasteiger partial charge is 0.303 e. The van der Waals surface area contributed by atoms with Crippen LogP contribution in [0.25, 0.3) is 0 Å². The zero-order valence-corrected chi connectivity index (χ0v) is 10.7. The Morgan fingerprint density at radius 3 is 2.76 bits per heavy atom. The third kappa shape index (κ3) is 2.51. The van der Waals surface area contributed by atoms with Crippen LogP contribution in [-0.4, -0.2) is 35.8 Å². The number of carbonyl (C=O) groups excluding carboxylic acids is 2. The number of nitrogens with one attached hydrogen (secondary N) is 1. The number of carbonyl (C=O) groups is 2. The van der Waals surface area contributed by atoms with Crippen LogP contribution in [0.5, 0.6) is 0 Å². The molecule has 0 bridgehead atoms. The monoisotopic (exact) mass is 238 g/mol. The lowest BCUT2D eigenvalue weighted by atomic mass is 9.97. The van der Waals surface area contributed by atoms with E-state index in [1.807, 2.05) is 0 Å². The zero-order chi connectivity index (χ0) is 12.4. The normalized spacial score (nSPS) is 34.5. The first-order valence-electron chi connectivity index (χ1n) is 6.70.